The Labute approximate surface area is 258 Å². The molecule has 0 bridgehead atoms. The lowest BCUT2D eigenvalue weighted by Gasteiger charge is -2.33. The van der Waals surface area contributed by atoms with Crippen LogP contribution < -0.4 is 19.1 Å². The van der Waals surface area contributed by atoms with E-state index in [-0.39, 0.29) is 39.8 Å². The molecule has 0 unspecified atom stereocenters. The fraction of sp³-hybridized carbons (Fsp3) is 0.375. The zero-order chi connectivity index (χ0) is 31.0. The summed E-state index contributed by atoms with van der Waals surface area (Å²) in [6.45, 7) is 1.15. The minimum absolute atomic E-state index is 0.00498. The zero-order valence-corrected chi connectivity index (χ0v) is 26.2. The molecule has 0 heterocycles. The predicted octanol–water partition coefficient (Wildman–Crippen LogP) is 5.42. The largest absolute Gasteiger partial charge is 0.497 e. The highest BCUT2D eigenvalue weighted by Crippen LogP contribution is 2.35. The van der Waals surface area contributed by atoms with Crippen molar-refractivity contribution in [1.82, 2.24) is 10.2 Å². The Balaban J connectivity index is 1.71. The Bertz CT molecular complexity index is 1500. The summed E-state index contributed by atoms with van der Waals surface area (Å²) in [5.41, 5.74) is 0.861. The average molecular weight is 628 g/mol. The van der Waals surface area contributed by atoms with Crippen molar-refractivity contribution in [2.75, 3.05) is 25.1 Å². The smallest absolute Gasteiger partial charge is 0.264 e. The second-order valence-electron chi connectivity index (χ2n) is 10.5. The molecule has 1 N–H and O–H groups in total. The molecule has 4 rings (SSSR count). The third-order valence-corrected chi connectivity index (χ3v) is 9.66. The molecular formula is C32H38ClN3O6S. The van der Waals surface area contributed by atoms with E-state index in [9.17, 15) is 18.0 Å². The highest BCUT2D eigenvalue weighted by atomic mass is 35.5. The zero-order valence-electron chi connectivity index (χ0n) is 24.7. The van der Waals surface area contributed by atoms with E-state index in [1.54, 1.807) is 56.5 Å². The van der Waals surface area contributed by atoms with Crippen LogP contribution in [-0.4, -0.2) is 58.0 Å². The van der Waals surface area contributed by atoms with Crippen LogP contribution in [0, 0.1) is 0 Å². The van der Waals surface area contributed by atoms with Crippen molar-refractivity contribution in [3.05, 3.63) is 83.4 Å². The summed E-state index contributed by atoms with van der Waals surface area (Å²) < 4.78 is 39.8. The molecule has 3 aromatic carbocycles. The minimum atomic E-state index is -4.25. The second kappa shape index (κ2) is 14.6. The first-order valence-electron chi connectivity index (χ1n) is 14.3. The number of halogens is 1. The van der Waals surface area contributed by atoms with Gasteiger partial charge in [-0.05, 0) is 67.8 Å². The highest BCUT2D eigenvalue weighted by Gasteiger charge is 2.34. The number of benzene rings is 3. The van der Waals surface area contributed by atoms with E-state index in [4.69, 9.17) is 21.1 Å². The molecule has 1 aliphatic carbocycles. The van der Waals surface area contributed by atoms with Crippen molar-refractivity contribution in [2.24, 2.45) is 0 Å². The summed E-state index contributed by atoms with van der Waals surface area (Å²) in [6.07, 6.45) is 5.01. The molecule has 230 valence electrons. The number of methoxy groups -OCH3 is 2. The number of carbonyl (C=O) groups excluding carboxylic acids is 2. The Morgan fingerprint density at radius 2 is 1.63 bits per heavy atom. The van der Waals surface area contributed by atoms with Crippen molar-refractivity contribution in [3.8, 4) is 11.5 Å². The molecule has 3 aromatic rings. The summed E-state index contributed by atoms with van der Waals surface area (Å²) in [4.78, 5) is 29.1. The van der Waals surface area contributed by atoms with Crippen LogP contribution in [0.5, 0.6) is 11.5 Å². The summed E-state index contributed by atoms with van der Waals surface area (Å²) >= 11 is 6.29. The second-order valence-corrected chi connectivity index (χ2v) is 12.8. The number of sulfonamides is 1. The van der Waals surface area contributed by atoms with Crippen LogP contribution in [-0.2, 0) is 26.2 Å². The van der Waals surface area contributed by atoms with Gasteiger partial charge in [-0.2, -0.15) is 0 Å². The SMILES string of the molecule is COc1ccc(CN(C(=O)CN(c2cc(Cl)ccc2OC)S(=O)(=O)c2ccccc2)[C@@H](C)C(=O)NC2CCCCC2)cc1. The Hall–Kier alpha value is -3.76. The Morgan fingerprint density at radius 3 is 2.26 bits per heavy atom. The van der Waals surface area contributed by atoms with E-state index in [1.807, 2.05) is 12.1 Å². The lowest BCUT2D eigenvalue weighted by Crippen LogP contribution is -2.53. The number of ether oxygens (including phenoxy) is 2. The van der Waals surface area contributed by atoms with E-state index >= 15 is 0 Å². The normalized spacial score (nSPS) is 14.4. The van der Waals surface area contributed by atoms with E-state index in [2.05, 4.69) is 5.32 Å². The molecule has 11 heteroatoms. The first kappa shape index (κ1) is 32.2. The standard InChI is InChI=1S/C32H38ClN3O6S/c1-23(32(38)34-26-10-6-4-7-11-26)35(21-24-14-17-27(41-2)18-15-24)31(37)22-36(29-20-25(33)16-19-30(29)42-3)43(39,40)28-12-8-5-9-13-28/h5,8-9,12-20,23,26H,4,6-7,10-11,21-22H2,1-3H3,(H,34,38)/t23-/m0/s1. The van der Waals surface area contributed by atoms with Crippen molar-refractivity contribution in [3.63, 3.8) is 0 Å². The molecule has 0 aromatic heterocycles. The van der Waals surface area contributed by atoms with E-state index < -0.39 is 28.5 Å². The van der Waals surface area contributed by atoms with Crippen molar-refractivity contribution in [1.29, 1.82) is 0 Å². The molecular weight excluding hydrogens is 590 g/mol. The quantitative estimate of drug-likeness (QED) is 0.288. The fourth-order valence-electron chi connectivity index (χ4n) is 5.17. The van der Waals surface area contributed by atoms with Crippen LogP contribution in [0.1, 0.15) is 44.6 Å². The number of amides is 2. The molecule has 1 aliphatic rings. The molecule has 1 fully saturated rings. The summed E-state index contributed by atoms with van der Waals surface area (Å²) in [5.74, 6) is 0.0228. The van der Waals surface area contributed by atoms with Crippen LogP contribution in [0.15, 0.2) is 77.7 Å². The summed E-state index contributed by atoms with van der Waals surface area (Å²) in [7, 11) is -1.28. The first-order valence-corrected chi connectivity index (χ1v) is 16.1. The topological polar surface area (TPSA) is 105 Å². The molecule has 9 nitrogen and oxygen atoms in total. The molecule has 0 saturated heterocycles. The summed E-state index contributed by atoms with van der Waals surface area (Å²) in [5, 5.41) is 3.37. The monoisotopic (exact) mass is 627 g/mol. The van der Waals surface area contributed by atoms with Gasteiger partial charge in [0.05, 0.1) is 24.8 Å². The van der Waals surface area contributed by atoms with Crippen LogP contribution in [0.2, 0.25) is 5.02 Å². The molecule has 43 heavy (non-hydrogen) atoms. The first-order chi connectivity index (χ1) is 20.6. The Kier molecular flexibility index (Phi) is 10.9. The third kappa shape index (κ3) is 8.00. The fourth-order valence-corrected chi connectivity index (χ4v) is 6.77. The maximum absolute atomic E-state index is 14.2. The van der Waals surface area contributed by atoms with Crippen molar-refractivity contribution < 1.29 is 27.5 Å². The Morgan fingerprint density at radius 1 is 0.953 bits per heavy atom. The maximum Gasteiger partial charge on any atom is 0.264 e. The van der Waals surface area contributed by atoms with Crippen LogP contribution in [0.3, 0.4) is 0 Å². The van der Waals surface area contributed by atoms with Crippen molar-refractivity contribution >= 4 is 39.1 Å². The third-order valence-electron chi connectivity index (χ3n) is 7.65. The number of carbonyl (C=O) groups is 2. The van der Waals surface area contributed by atoms with Crippen LogP contribution in [0.25, 0.3) is 0 Å². The van der Waals surface area contributed by atoms with Gasteiger partial charge in [-0.3, -0.25) is 13.9 Å². The molecule has 1 atom stereocenters. The van der Waals surface area contributed by atoms with Gasteiger partial charge >= 0.3 is 0 Å². The van der Waals surface area contributed by atoms with Crippen LogP contribution >= 0.6 is 11.6 Å². The molecule has 0 radical (unpaired) electrons. The maximum atomic E-state index is 14.2. The van der Waals surface area contributed by atoms with Gasteiger partial charge in [-0.1, -0.05) is 61.2 Å². The van der Waals surface area contributed by atoms with Gasteiger partial charge in [-0.25, -0.2) is 8.42 Å². The summed E-state index contributed by atoms with van der Waals surface area (Å²) in [6, 6.07) is 18.7. The minimum Gasteiger partial charge on any atom is -0.497 e. The average Bonchev–Trinajstić information content (AvgIpc) is 3.03. The number of hydrogen-bond donors (Lipinski definition) is 1. The molecule has 2 amide bonds. The highest BCUT2D eigenvalue weighted by molar-refractivity contribution is 7.92. The van der Waals surface area contributed by atoms with Gasteiger partial charge < -0.3 is 19.7 Å². The van der Waals surface area contributed by atoms with Crippen molar-refractivity contribution in [2.45, 2.75) is 62.6 Å². The molecule has 0 spiro atoms. The van der Waals surface area contributed by atoms with Gasteiger partial charge in [0.1, 0.15) is 24.1 Å². The van der Waals surface area contributed by atoms with Gasteiger partial charge in [0.15, 0.2) is 0 Å². The number of rotatable bonds is 12. The lowest BCUT2D eigenvalue weighted by atomic mass is 9.95. The van der Waals surface area contributed by atoms with Gasteiger partial charge in [0.2, 0.25) is 11.8 Å². The van der Waals surface area contributed by atoms with E-state index in [0.717, 1.165) is 42.0 Å². The number of anilines is 1. The van der Waals surface area contributed by atoms with Gasteiger partial charge in [0, 0.05) is 17.6 Å². The predicted molar refractivity (Wildman–Crippen MR) is 167 cm³/mol. The number of hydrogen-bond acceptors (Lipinski definition) is 6. The van der Waals surface area contributed by atoms with E-state index in [1.165, 1.54) is 30.2 Å². The van der Waals surface area contributed by atoms with Gasteiger partial charge in [-0.15, -0.1) is 0 Å². The van der Waals surface area contributed by atoms with E-state index in [0.29, 0.717) is 5.75 Å². The molecule has 1 saturated carbocycles. The van der Waals surface area contributed by atoms with Gasteiger partial charge in [0.25, 0.3) is 10.0 Å². The number of nitrogens with one attached hydrogen (secondary N) is 1. The lowest BCUT2D eigenvalue weighted by molar-refractivity contribution is -0.139. The molecule has 0 aliphatic heterocycles. The number of nitrogens with zero attached hydrogens (tertiary/aromatic N) is 2. The van der Waals surface area contributed by atoms with Crippen LogP contribution in [0.4, 0.5) is 5.69 Å².